The molecule has 2 aromatic rings. The lowest BCUT2D eigenvalue weighted by atomic mass is 10.1. The molecule has 0 aromatic heterocycles. The van der Waals surface area contributed by atoms with Crippen LogP contribution in [-0.2, 0) is 26.2 Å². The van der Waals surface area contributed by atoms with Gasteiger partial charge in [0.25, 0.3) is 0 Å². The molecule has 9 heteroatoms. The van der Waals surface area contributed by atoms with E-state index >= 15 is 0 Å². The number of carbonyl (C=O) groups excluding carboxylic acids is 2. The van der Waals surface area contributed by atoms with Gasteiger partial charge in [-0.05, 0) is 61.6 Å². The quantitative estimate of drug-likeness (QED) is 0.552. The van der Waals surface area contributed by atoms with Gasteiger partial charge in [-0.25, -0.2) is 12.8 Å². The average Bonchev–Trinajstić information content (AvgIpc) is 2.75. The Hall–Kier alpha value is -2.94. The highest BCUT2D eigenvalue weighted by Gasteiger charge is 2.30. The van der Waals surface area contributed by atoms with Crippen LogP contribution in [0, 0.1) is 25.6 Å². The lowest BCUT2D eigenvalue weighted by molar-refractivity contribution is -0.139. The zero-order chi connectivity index (χ0) is 25.6. The van der Waals surface area contributed by atoms with Gasteiger partial charge in [-0.2, -0.15) is 0 Å². The van der Waals surface area contributed by atoms with E-state index < -0.39 is 34.3 Å². The Morgan fingerprint density at radius 3 is 2.21 bits per heavy atom. The topological polar surface area (TPSA) is 86.8 Å². The Labute approximate surface area is 202 Å². The zero-order valence-electron chi connectivity index (χ0n) is 20.6. The number of rotatable bonds is 10. The highest BCUT2D eigenvalue weighted by atomic mass is 32.2. The first-order valence-corrected chi connectivity index (χ1v) is 13.0. The predicted molar refractivity (Wildman–Crippen MR) is 132 cm³/mol. The Bertz CT molecular complexity index is 1120. The number of amides is 2. The summed E-state index contributed by atoms with van der Waals surface area (Å²) >= 11 is 0. The summed E-state index contributed by atoms with van der Waals surface area (Å²) in [7, 11) is -3.80. The summed E-state index contributed by atoms with van der Waals surface area (Å²) in [4.78, 5) is 27.6. The predicted octanol–water partition coefficient (Wildman–Crippen LogP) is 3.40. The van der Waals surface area contributed by atoms with Gasteiger partial charge in [-0.15, -0.1) is 0 Å². The van der Waals surface area contributed by atoms with Crippen molar-refractivity contribution in [3.8, 4) is 0 Å². The molecule has 2 rings (SSSR count). The van der Waals surface area contributed by atoms with Crippen molar-refractivity contribution in [3.05, 3.63) is 65.0 Å². The highest BCUT2D eigenvalue weighted by molar-refractivity contribution is 7.92. The number of nitrogens with zero attached hydrogens (tertiary/aromatic N) is 2. The molecule has 0 saturated heterocycles. The molecule has 0 aliphatic carbocycles. The van der Waals surface area contributed by atoms with Crippen LogP contribution in [0.4, 0.5) is 10.1 Å². The second-order valence-corrected chi connectivity index (χ2v) is 10.9. The van der Waals surface area contributed by atoms with Gasteiger partial charge in [0.1, 0.15) is 18.4 Å². The first kappa shape index (κ1) is 27.3. The SMILES string of the molecule is Cc1ccc(C)c(N(CC(=O)N(Cc2ccc(F)cc2)C(C)C(=O)NCC(C)C)S(C)(=O)=O)c1. The van der Waals surface area contributed by atoms with E-state index in [4.69, 9.17) is 0 Å². The zero-order valence-corrected chi connectivity index (χ0v) is 21.4. The van der Waals surface area contributed by atoms with E-state index in [1.165, 1.54) is 29.2 Å². The second kappa shape index (κ2) is 11.5. The third-order valence-electron chi connectivity index (χ3n) is 5.43. The van der Waals surface area contributed by atoms with E-state index in [1.54, 1.807) is 26.0 Å². The molecule has 186 valence electrons. The Balaban J connectivity index is 2.40. The number of nitrogens with one attached hydrogen (secondary N) is 1. The van der Waals surface area contributed by atoms with Crippen molar-refractivity contribution in [3.63, 3.8) is 0 Å². The number of hydrogen-bond donors (Lipinski definition) is 1. The molecule has 0 radical (unpaired) electrons. The van der Waals surface area contributed by atoms with Crippen molar-refractivity contribution in [2.24, 2.45) is 5.92 Å². The normalized spacial score (nSPS) is 12.4. The summed E-state index contributed by atoms with van der Waals surface area (Å²) in [5.74, 6) is -1.07. The van der Waals surface area contributed by atoms with E-state index in [0.717, 1.165) is 16.1 Å². The maximum absolute atomic E-state index is 13.5. The number of anilines is 1. The summed E-state index contributed by atoms with van der Waals surface area (Å²) in [6.45, 7) is 9.13. The fourth-order valence-electron chi connectivity index (χ4n) is 3.40. The van der Waals surface area contributed by atoms with Crippen LogP contribution in [0.5, 0.6) is 0 Å². The monoisotopic (exact) mass is 491 g/mol. The number of halogens is 1. The van der Waals surface area contributed by atoms with Crippen LogP contribution >= 0.6 is 0 Å². The minimum atomic E-state index is -3.80. The first-order chi connectivity index (χ1) is 15.8. The van der Waals surface area contributed by atoms with Crippen molar-refractivity contribution in [2.45, 2.75) is 47.2 Å². The van der Waals surface area contributed by atoms with Crippen LogP contribution in [0.25, 0.3) is 0 Å². The summed E-state index contributed by atoms with van der Waals surface area (Å²) in [5, 5.41) is 2.82. The van der Waals surface area contributed by atoms with Crippen molar-refractivity contribution < 1.29 is 22.4 Å². The van der Waals surface area contributed by atoms with Crippen molar-refractivity contribution in [1.29, 1.82) is 0 Å². The molecule has 0 fully saturated rings. The maximum atomic E-state index is 13.5. The van der Waals surface area contributed by atoms with Gasteiger partial charge in [0.05, 0.1) is 11.9 Å². The van der Waals surface area contributed by atoms with Gasteiger partial charge in [0.2, 0.25) is 21.8 Å². The molecular weight excluding hydrogens is 457 g/mol. The minimum Gasteiger partial charge on any atom is -0.354 e. The van der Waals surface area contributed by atoms with Crippen LogP contribution in [0.15, 0.2) is 42.5 Å². The fraction of sp³-hybridized carbons (Fsp3) is 0.440. The van der Waals surface area contributed by atoms with Crippen LogP contribution in [0.1, 0.15) is 37.5 Å². The molecule has 7 nitrogen and oxygen atoms in total. The molecule has 1 atom stereocenters. The molecule has 34 heavy (non-hydrogen) atoms. The first-order valence-electron chi connectivity index (χ1n) is 11.2. The molecule has 0 heterocycles. The third-order valence-corrected chi connectivity index (χ3v) is 6.56. The average molecular weight is 492 g/mol. The molecule has 1 unspecified atom stereocenters. The molecule has 0 bridgehead atoms. The highest BCUT2D eigenvalue weighted by Crippen LogP contribution is 2.24. The van der Waals surface area contributed by atoms with E-state index in [-0.39, 0.29) is 18.4 Å². The fourth-order valence-corrected chi connectivity index (χ4v) is 4.30. The lowest BCUT2D eigenvalue weighted by Gasteiger charge is -2.32. The molecule has 0 aliphatic rings. The number of hydrogen-bond acceptors (Lipinski definition) is 4. The van der Waals surface area contributed by atoms with Gasteiger partial charge < -0.3 is 10.2 Å². The van der Waals surface area contributed by atoms with Crippen LogP contribution in [0.2, 0.25) is 0 Å². The van der Waals surface area contributed by atoms with E-state index in [1.807, 2.05) is 26.8 Å². The van der Waals surface area contributed by atoms with Crippen molar-refractivity contribution >= 4 is 27.5 Å². The summed E-state index contributed by atoms with van der Waals surface area (Å²) in [6, 6.07) is 10.1. The number of benzene rings is 2. The Morgan fingerprint density at radius 1 is 1.03 bits per heavy atom. The lowest BCUT2D eigenvalue weighted by Crippen LogP contribution is -2.51. The van der Waals surface area contributed by atoms with Gasteiger partial charge in [0.15, 0.2) is 0 Å². The molecule has 2 amide bonds. The second-order valence-electron chi connectivity index (χ2n) is 9.02. The molecule has 1 N–H and O–H groups in total. The summed E-state index contributed by atoms with van der Waals surface area (Å²) < 4.78 is 39.8. The third kappa shape index (κ3) is 7.55. The number of aryl methyl sites for hydroxylation is 2. The minimum absolute atomic E-state index is 0.0276. The largest absolute Gasteiger partial charge is 0.354 e. The molecule has 0 saturated carbocycles. The van der Waals surface area contributed by atoms with Gasteiger partial charge >= 0.3 is 0 Å². The smallest absolute Gasteiger partial charge is 0.244 e. The molecule has 0 aliphatic heterocycles. The van der Waals surface area contributed by atoms with E-state index in [2.05, 4.69) is 5.32 Å². The van der Waals surface area contributed by atoms with E-state index in [0.29, 0.717) is 23.4 Å². The maximum Gasteiger partial charge on any atom is 0.244 e. The summed E-state index contributed by atoms with van der Waals surface area (Å²) in [5.41, 5.74) is 2.59. The van der Waals surface area contributed by atoms with Gasteiger partial charge in [0, 0.05) is 13.1 Å². The van der Waals surface area contributed by atoms with Gasteiger partial charge in [-0.3, -0.25) is 13.9 Å². The Kier molecular flexibility index (Phi) is 9.21. The Morgan fingerprint density at radius 2 is 1.65 bits per heavy atom. The number of sulfonamides is 1. The molecule has 2 aromatic carbocycles. The number of carbonyl (C=O) groups is 2. The van der Waals surface area contributed by atoms with E-state index in [9.17, 15) is 22.4 Å². The van der Waals surface area contributed by atoms with Gasteiger partial charge in [-0.1, -0.05) is 38.1 Å². The van der Waals surface area contributed by atoms with Crippen molar-refractivity contribution in [1.82, 2.24) is 10.2 Å². The van der Waals surface area contributed by atoms with Crippen LogP contribution in [-0.4, -0.2) is 50.5 Å². The molecule has 0 spiro atoms. The molecular formula is C25H34FN3O4S. The van der Waals surface area contributed by atoms with Crippen LogP contribution in [0.3, 0.4) is 0 Å². The summed E-state index contributed by atoms with van der Waals surface area (Å²) in [6.07, 6.45) is 1.05. The van der Waals surface area contributed by atoms with Crippen molar-refractivity contribution in [2.75, 3.05) is 23.7 Å². The van der Waals surface area contributed by atoms with Crippen LogP contribution < -0.4 is 9.62 Å². The standard InChI is InChI=1S/C25H34FN3O4S/c1-17(2)14-27-25(31)20(5)28(15-21-9-11-22(26)12-10-21)24(30)16-29(34(6,32)33)23-13-18(3)7-8-19(23)4/h7-13,17,20H,14-16H2,1-6H3,(H,27,31).